The summed E-state index contributed by atoms with van der Waals surface area (Å²) in [5.74, 6) is -0.0758. The zero-order chi connectivity index (χ0) is 13.5. The molecule has 2 aliphatic rings. The predicted molar refractivity (Wildman–Crippen MR) is 72.9 cm³/mol. The Bertz CT molecular complexity index is 573. The molecule has 104 valence electrons. The molecule has 2 bridgehead atoms. The molecule has 0 amide bonds. The smallest absolute Gasteiger partial charge is 0.216 e. The molecule has 0 aliphatic carbocycles. The second kappa shape index (κ2) is 4.77. The lowest BCUT2D eigenvalue weighted by atomic mass is 9.96. The summed E-state index contributed by atoms with van der Waals surface area (Å²) in [6, 6.07) is 6.97. The van der Waals surface area contributed by atoms with Gasteiger partial charge in [0.1, 0.15) is 0 Å². The minimum absolute atomic E-state index is 0.0490. The van der Waals surface area contributed by atoms with Crippen LogP contribution >= 0.6 is 0 Å². The summed E-state index contributed by atoms with van der Waals surface area (Å²) < 4.78 is 32.7. The van der Waals surface area contributed by atoms with Crippen LogP contribution in [0.4, 0.5) is 5.69 Å². The minimum Gasteiger partial charge on any atom is -0.398 e. The molecule has 2 heterocycles. The lowest BCUT2D eigenvalue weighted by Crippen LogP contribution is -2.41. The second-order valence-electron chi connectivity index (χ2n) is 5.29. The third-order valence-electron chi connectivity index (χ3n) is 3.84. The van der Waals surface area contributed by atoms with Crippen molar-refractivity contribution >= 4 is 15.7 Å². The van der Waals surface area contributed by atoms with E-state index in [9.17, 15) is 8.42 Å². The number of ether oxygens (including phenoxy) is 1. The largest absolute Gasteiger partial charge is 0.398 e. The van der Waals surface area contributed by atoms with Crippen molar-refractivity contribution in [2.24, 2.45) is 0 Å². The Morgan fingerprint density at radius 2 is 2.11 bits per heavy atom. The number of para-hydroxylation sites is 1. The number of hydrogen-bond donors (Lipinski definition) is 2. The molecule has 5 nitrogen and oxygen atoms in total. The Balaban J connectivity index is 1.68. The van der Waals surface area contributed by atoms with E-state index < -0.39 is 10.0 Å². The summed E-state index contributed by atoms with van der Waals surface area (Å²) in [6.45, 7) is 0. The molecule has 0 aromatic heterocycles. The van der Waals surface area contributed by atoms with Crippen LogP contribution in [0.5, 0.6) is 0 Å². The standard InChI is InChI=1S/C13H18N2O3S/c14-11-4-2-1-3-9(11)8-19(16,17)15-12-7-10-5-6-13(12)18-10/h1-4,10,12-13,15H,5-8,14H2. The average Bonchev–Trinajstić information content (AvgIpc) is 2.93. The van der Waals surface area contributed by atoms with Crippen LogP contribution in [0.1, 0.15) is 24.8 Å². The van der Waals surface area contributed by atoms with Gasteiger partial charge in [-0.15, -0.1) is 0 Å². The van der Waals surface area contributed by atoms with E-state index in [1.165, 1.54) is 0 Å². The maximum absolute atomic E-state index is 12.2. The van der Waals surface area contributed by atoms with Crippen LogP contribution in [0.25, 0.3) is 0 Å². The molecule has 0 radical (unpaired) electrons. The molecule has 1 aromatic rings. The highest BCUT2D eigenvalue weighted by molar-refractivity contribution is 7.88. The van der Waals surface area contributed by atoms with Crippen LogP contribution in [-0.4, -0.2) is 26.7 Å². The molecule has 19 heavy (non-hydrogen) atoms. The fraction of sp³-hybridized carbons (Fsp3) is 0.538. The zero-order valence-electron chi connectivity index (χ0n) is 10.6. The third-order valence-corrected chi connectivity index (χ3v) is 5.19. The molecule has 2 aliphatic heterocycles. The van der Waals surface area contributed by atoms with Crippen molar-refractivity contribution < 1.29 is 13.2 Å². The first-order valence-corrected chi connectivity index (χ1v) is 8.17. The second-order valence-corrected chi connectivity index (χ2v) is 7.05. The van der Waals surface area contributed by atoms with E-state index in [1.807, 2.05) is 0 Å². The summed E-state index contributed by atoms with van der Waals surface area (Å²) in [6.07, 6.45) is 3.07. The molecule has 3 unspecified atom stereocenters. The Hall–Kier alpha value is -1.11. The SMILES string of the molecule is Nc1ccccc1CS(=O)(=O)NC1CC2CCC1O2. The minimum atomic E-state index is -3.37. The van der Waals surface area contributed by atoms with Crippen molar-refractivity contribution in [1.29, 1.82) is 0 Å². The van der Waals surface area contributed by atoms with E-state index in [0.29, 0.717) is 11.3 Å². The van der Waals surface area contributed by atoms with Gasteiger partial charge < -0.3 is 10.5 Å². The van der Waals surface area contributed by atoms with Crippen LogP contribution in [0, 0.1) is 0 Å². The molecule has 3 N–H and O–H groups in total. The van der Waals surface area contributed by atoms with Crippen LogP contribution in [0.15, 0.2) is 24.3 Å². The summed E-state index contributed by atoms with van der Waals surface area (Å²) in [5.41, 5.74) is 6.93. The highest BCUT2D eigenvalue weighted by Crippen LogP contribution is 2.34. The number of nitrogens with one attached hydrogen (secondary N) is 1. The highest BCUT2D eigenvalue weighted by atomic mass is 32.2. The van der Waals surface area contributed by atoms with Gasteiger partial charge in [0.25, 0.3) is 0 Å². The van der Waals surface area contributed by atoms with Gasteiger partial charge in [-0.05, 0) is 30.9 Å². The van der Waals surface area contributed by atoms with Crippen molar-refractivity contribution in [2.45, 2.75) is 43.3 Å². The van der Waals surface area contributed by atoms with E-state index in [-0.39, 0.29) is 24.0 Å². The molecule has 3 rings (SSSR count). The van der Waals surface area contributed by atoms with Gasteiger partial charge in [0.2, 0.25) is 10.0 Å². The van der Waals surface area contributed by atoms with Crippen molar-refractivity contribution in [2.75, 3.05) is 5.73 Å². The van der Waals surface area contributed by atoms with E-state index >= 15 is 0 Å². The van der Waals surface area contributed by atoms with Gasteiger partial charge >= 0.3 is 0 Å². The number of benzene rings is 1. The normalized spacial score (nSPS) is 29.8. The van der Waals surface area contributed by atoms with Crippen LogP contribution in [-0.2, 0) is 20.5 Å². The number of sulfonamides is 1. The lowest BCUT2D eigenvalue weighted by Gasteiger charge is -2.20. The quantitative estimate of drug-likeness (QED) is 0.808. The molecule has 0 saturated carbocycles. The Labute approximate surface area is 113 Å². The maximum Gasteiger partial charge on any atom is 0.216 e. The van der Waals surface area contributed by atoms with Gasteiger partial charge in [-0.3, -0.25) is 0 Å². The molecule has 2 fully saturated rings. The Morgan fingerprint density at radius 1 is 1.32 bits per heavy atom. The van der Waals surface area contributed by atoms with Crippen molar-refractivity contribution in [3.63, 3.8) is 0 Å². The van der Waals surface area contributed by atoms with Crippen LogP contribution in [0.2, 0.25) is 0 Å². The predicted octanol–water partition coefficient (Wildman–Crippen LogP) is 1.01. The first-order valence-electron chi connectivity index (χ1n) is 6.52. The van der Waals surface area contributed by atoms with Crippen LogP contribution in [0.3, 0.4) is 0 Å². The number of nitrogen functional groups attached to an aromatic ring is 1. The number of rotatable bonds is 4. The van der Waals surface area contributed by atoms with E-state index in [2.05, 4.69) is 4.72 Å². The molecular weight excluding hydrogens is 264 g/mol. The summed E-state index contributed by atoms with van der Waals surface area (Å²) in [5, 5.41) is 0. The van der Waals surface area contributed by atoms with Gasteiger partial charge in [-0.1, -0.05) is 18.2 Å². The van der Waals surface area contributed by atoms with Gasteiger partial charge in [0.15, 0.2) is 0 Å². The maximum atomic E-state index is 12.2. The van der Waals surface area contributed by atoms with Crippen molar-refractivity contribution in [1.82, 2.24) is 4.72 Å². The molecule has 6 heteroatoms. The number of fused-ring (bicyclic) bond motifs is 2. The highest BCUT2D eigenvalue weighted by Gasteiger charge is 2.42. The Morgan fingerprint density at radius 3 is 2.74 bits per heavy atom. The first-order chi connectivity index (χ1) is 9.03. The van der Waals surface area contributed by atoms with Crippen molar-refractivity contribution in [3.05, 3.63) is 29.8 Å². The van der Waals surface area contributed by atoms with E-state index in [4.69, 9.17) is 10.5 Å². The molecule has 0 spiro atoms. The first kappa shape index (κ1) is 12.9. The number of hydrogen-bond acceptors (Lipinski definition) is 4. The Kier molecular flexibility index (Phi) is 3.24. The van der Waals surface area contributed by atoms with Crippen molar-refractivity contribution in [3.8, 4) is 0 Å². The average molecular weight is 282 g/mol. The van der Waals surface area contributed by atoms with Gasteiger partial charge in [0.05, 0.1) is 24.0 Å². The summed E-state index contributed by atoms with van der Waals surface area (Å²) in [7, 11) is -3.37. The van der Waals surface area contributed by atoms with Gasteiger partial charge in [-0.25, -0.2) is 13.1 Å². The lowest BCUT2D eigenvalue weighted by molar-refractivity contribution is 0.0996. The summed E-state index contributed by atoms with van der Waals surface area (Å²) in [4.78, 5) is 0. The number of anilines is 1. The third kappa shape index (κ3) is 2.75. The fourth-order valence-corrected chi connectivity index (χ4v) is 4.37. The number of nitrogens with two attached hydrogens (primary N) is 1. The topological polar surface area (TPSA) is 81.4 Å². The van der Waals surface area contributed by atoms with Gasteiger partial charge in [0, 0.05) is 5.69 Å². The van der Waals surface area contributed by atoms with E-state index in [1.54, 1.807) is 24.3 Å². The van der Waals surface area contributed by atoms with Crippen LogP contribution < -0.4 is 10.5 Å². The zero-order valence-corrected chi connectivity index (χ0v) is 11.4. The molecule has 1 aromatic carbocycles. The van der Waals surface area contributed by atoms with Gasteiger partial charge in [-0.2, -0.15) is 0 Å². The van der Waals surface area contributed by atoms with E-state index in [0.717, 1.165) is 19.3 Å². The molecular formula is C13H18N2O3S. The molecule has 2 saturated heterocycles. The molecule has 3 atom stereocenters. The fourth-order valence-electron chi connectivity index (χ4n) is 2.90. The summed E-state index contributed by atoms with van der Waals surface area (Å²) >= 11 is 0. The monoisotopic (exact) mass is 282 g/mol.